The van der Waals surface area contributed by atoms with Crippen LogP contribution in [-0.4, -0.2) is 78.2 Å². The molecule has 1 aromatic carbocycles. The van der Waals surface area contributed by atoms with Crippen molar-refractivity contribution in [3.8, 4) is 5.75 Å². The number of piperidine rings is 1. The lowest BCUT2D eigenvalue weighted by Gasteiger charge is -2.49. The zero-order valence-electron chi connectivity index (χ0n) is 19.2. The van der Waals surface area contributed by atoms with Crippen molar-refractivity contribution in [2.24, 2.45) is 0 Å². The second kappa shape index (κ2) is 8.37. The number of ether oxygens (including phenoxy) is 1. The molecule has 0 radical (unpaired) electrons. The summed E-state index contributed by atoms with van der Waals surface area (Å²) in [5.41, 5.74) is 2.65. The molecule has 2 aliphatic heterocycles. The summed E-state index contributed by atoms with van der Waals surface area (Å²) in [7, 11) is -1.99. The van der Waals surface area contributed by atoms with Crippen molar-refractivity contribution in [3.05, 3.63) is 59.5 Å². The number of rotatable bonds is 4. The Morgan fingerprint density at radius 3 is 2.68 bits per heavy atom. The number of benzene rings is 1. The van der Waals surface area contributed by atoms with Gasteiger partial charge in [0.15, 0.2) is 0 Å². The van der Waals surface area contributed by atoms with Crippen LogP contribution in [0.2, 0.25) is 0 Å². The standard InChI is InChI=1S/C24H28N4O5S/c1-33-17-5-6-18-19(12-17)26-22-20(14-29)28(34(2,31)32)15-24(21(18)22)7-10-27(11-8-24)23(30)16-4-3-9-25-13-16/h3-6,9,12-13,20,26,29H,7-8,10-11,14-15H2,1-2H3/t20-/m0/s1. The Hall–Kier alpha value is -2.95. The molecule has 2 aliphatic rings. The van der Waals surface area contributed by atoms with Crippen molar-refractivity contribution in [2.45, 2.75) is 24.3 Å². The minimum absolute atomic E-state index is 0.0733. The number of pyridine rings is 1. The number of aliphatic hydroxyl groups is 1. The summed E-state index contributed by atoms with van der Waals surface area (Å²) in [4.78, 5) is 22.2. The van der Waals surface area contributed by atoms with Gasteiger partial charge in [-0.1, -0.05) is 0 Å². The first-order chi connectivity index (χ1) is 16.3. The SMILES string of the molecule is COc1ccc2c3c([nH]c2c1)[C@H](CO)N(S(C)(=O)=O)CC31CCN(C(=O)c2cccnc2)CC1. The molecule has 1 saturated heterocycles. The number of H-pyrrole nitrogens is 1. The van der Waals surface area contributed by atoms with Crippen molar-refractivity contribution >= 4 is 26.8 Å². The van der Waals surface area contributed by atoms with Crippen LogP contribution in [-0.2, 0) is 15.4 Å². The average Bonchev–Trinajstić information content (AvgIpc) is 3.23. The second-order valence-electron chi connectivity index (χ2n) is 9.15. The van der Waals surface area contributed by atoms with Gasteiger partial charge in [-0.15, -0.1) is 0 Å². The predicted molar refractivity (Wildman–Crippen MR) is 127 cm³/mol. The van der Waals surface area contributed by atoms with Crippen LogP contribution in [0.1, 0.15) is 40.5 Å². The molecule has 180 valence electrons. The first-order valence-corrected chi connectivity index (χ1v) is 13.1. The lowest BCUT2D eigenvalue weighted by Crippen LogP contribution is -2.55. The number of hydrogen-bond acceptors (Lipinski definition) is 6. The Balaban J connectivity index is 1.58. The van der Waals surface area contributed by atoms with E-state index in [1.165, 1.54) is 10.6 Å². The van der Waals surface area contributed by atoms with Crippen molar-refractivity contribution in [2.75, 3.05) is 39.6 Å². The largest absolute Gasteiger partial charge is 0.497 e. The van der Waals surface area contributed by atoms with E-state index < -0.39 is 21.5 Å². The van der Waals surface area contributed by atoms with Gasteiger partial charge in [-0.25, -0.2) is 8.42 Å². The van der Waals surface area contributed by atoms with Gasteiger partial charge in [0.25, 0.3) is 5.91 Å². The molecule has 0 unspecified atom stereocenters. The summed E-state index contributed by atoms with van der Waals surface area (Å²) >= 11 is 0. The molecule has 5 rings (SSSR count). The maximum absolute atomic E-state index is 13.0. The number of aromatic nitrogens is 2. The van der Waals surface area contributed by atoms with Gasteiger partial charge in [-0.3, -0.25) is 9.78 Å². The van der Waals surface area contributed by atoms with Crippen LogP contribution in [0, 0.1) is 0 Å². The maximum Gasteiger partial charge on any atom is 0.255 e. The first-order valence-electron chi connectivity index (χ1n) is 11.2. The van der Waals surface area contributed by atoms with Crippen molar-refractivity contribution in [3.63, 3.8) is 0 Å². The Labute approximate surface area is 198 Å². The lowest BCUT2D eigenvalue weighted by molar-refractivity contribution is 0.0601. The van der Waals surface area contributed by atoms with E-state index >= 15 is 0 Å². The quantitative estimate of drug-likeness (QED) is 0.586. The first kappa shape index (κ1) is 22.8. The number of nitrogens with one attached hydrogen (secondary N) is 1. The number of likely N-dealkylation sites (tertiary alicyclic amines) is 1. The van der Waals surface area contributed by atoms with Crippen LogP contribution in [0.5, 0.6) is 5.75 Å². The molecule has 1 spiro atoms. The van der Waals surface area contributed by atoms with Crippen LogP contribution < -0.4 is 4.74 Å². The van der Waals surface area contributed by atoms with Gasteiger partial charge in [-0.2, -0.15) is 4.31 Å². The van der Waals surface area contributed by atoms with E-state index in [4.69, 9.17) is 4.74 Å². The highest BCUT2D eigenvalue weighted by Gasteiger charge is 2.50. The van der Waals surface area contributed by atoms with Crippen LogP contribution in [0.25, 0.3) is 10.9 Å². The molecule has 0 aliphatic carbocycles. The minimum Gasteiger partial charge on any atom is -0.497 e. The Kier molecular flexibility index (Phi) is 5.62. The van der Waals surface area contributed by atoms with Gasteiger partial charge in [0.05, 0.1) is 31.6 Å². The molecule has 4 heterocycles. The van der Waals surface area contributed by atoms with Gasteiger partial charge in [0.2, 0.25) is 10.0 Å². The smallest absolute Gasteiger partial charge is 0.255 e. The normalized spacial score (nSPS) is 20.4. The van der Waals surface area contributed by atoms with Gasteiger partial charge in [-0.05, 0) is 42.7 Å². The monoisotopic (exact) mass is 484 g/mol. The molecule has 0 bridgehead atoms. The van der Waals surface area contributed by atoms with Gasteiger partial charge in [0, 0.05) is 60.1 Å². The number of carbonyl (C=O) groups excluding carboxylic acids is 1. The maximum atomic E-state index is 13.0. The van der Waals surface area contributed by atoms with E-state index in [0.717, 1.165) is 22.2 Å². The average molecular weight is 485 g/mol. The van der Waals surface area contributed by atoms with Gasteiger partial charge >= 0.3 is 0 Å². The second-order valence-corrected chi connectivity index (χ2v) is 11.1. The highest BCUT2D eigenvalue weighted by atomic mass is 32.2. The zero-order valence-corrected chi connectivity index (χ0v) is 20.0. The number of aliphatic hydroxyl groups excluding tert-OH is 1. The van der Waals surface area contributed by atoms with E-state index in [0.29, 0.717) is 37.2 Å². The number of nitrogens with zero attached hydrogens (tertiary/aromatic N) is 3. The lowest BCUT2D eigenvalue weighted by atomic mass is 9.69. The van der Waals surface area contributed by atoms with E-state index in [9.17, 15) is 18.3 Å². The third-order valence-electron chi connectivity index (χ3n) is 7.22. The summed E-state index contributed by atoms with van der Waals surface area (Å²) in [6.45, 7) is 0.929. The summed E-state index contributed by atoms with van der Waals surface area (Å²) in [5.74, 6) is 0.619. The molecular weight excluding hydrogens is 456 g/mol. The molecule has 10 heteroatoms. The van der Waals surface area contributed by atoms with Crippen molar-refractivity contribution in [1.29, 1.82) is 0 Å². The third kappa shape index (κ3) is 3.66. The molecule has 9 nitrogen and oxygen atoms in total. The van der Waals surface area contributed by atoms with Crippen LogP contribution >= 0.6 is 0 Å². The highest BCUT2D eigenvalue weighted by molar-refractivity contribution is 7.88. The van der Waals surface area contributed by atoms with E-state index in [1.54, 1.807) is 31.6 Å². The molecule has 2 aromatic heterocycles. The van der Waals surface area contributed by atoms with Crippen LogP contribution in [0.4, 0.5) is 0 Å². The van der Waals surface area contributed by atoms with Gasteiger partial charge in [0.1, 0.15) is 5.75 Å². The summed E-state index contributed by atoms with van der Waals surface area (Å²) < 4.78 is 32.3. The van der Waals surface area contributed by atoms with Crippen molar-refractivity contribution < 1.29 is 23.1 Å². The van der Waals surface area contributed by atoms with E-state index in [-0.39, 0.29) is 19.1 Å². The number of methoxy groups -OCH3 is 1. The number of sulfonamides is 1. The van der Waals surface area contributed by atoms with E-state index in [2.05, 4.69) is 9.97 Å². The van der Waals surface area contributed by atoms with Crippen LogP contribution in [0.15, 0.2) is 42.7 Å². The predicted octanol–water partition coefficient (Wildman–Crippen LogP) is 2.05. The summed E-state index contributed by atoms with van der Waals surface area (Å²) in [6, 6.07) is 8.57. The fraction of sp³-hybridized carbons (Fsp3) is 0.417. The molecule has 3 aromatic rings. The molecule has 1 amide bonds. The molecule has 1 atom stereocenters. The summed E-state index contributed by atoms with van der Waals surface area (Å²) in [5, 5.41) is 11.2. The number of hydrogen-bond donors (Lipinski definition) is 2. The third-order valence-corrected chi connectivity index (χ3v) is 8.46. The zero-order chi connectivity index (χ0) is 24.1. The topological polar surface area (TPSA) is 116 Å². The molecular formula is C24H28N4O5S. The Morgan fingerprint density at radius 1 is 1.29 bits per heavy atom. The minimum atomic E-state index is -3.59. The molecule has 34 heavy (non-hydrogen) atoms. The fourth-order valence-corrected chi connectivity index (χ4v) is 6.64. The Bertz CT molecular complexity index is 1330. The van der Waals surface area contributed by atoms with Gasteiger partial charge < -0.3 is 19.7 Å². The highest BCUT2D eigenvalue weighted by Crippen LogP contribution is 2.49. The number of aromatic amines is 1. The number of fused-ring (bicyclic) bond motifs is 4. The number of amides is 1. The summed E-state index contributed by atoms with van der Waals surface area (Å²) in [6.07, 6.45) is 5.59. The molecule has 1 fully saturated rings. The Morgan fingerprint density at radius 2 is 2.06 bits per heavy atom. The molecule has 0 saturated carbocycles. The number of carbonyl (C=O) groups is 1. The molecule has 2 N–H and O–H groups in total. The fourth-order valence-electron chi connectivity index (χ4n) is 5.53. The van der Waals surface area contributed by atoms with E-state index in [1.807, 2.05) is 23.1 Å². The van der Waals surface area contributed by atoms with Crippen molar-refractivity contribution in [1.82, 2.24) is 19.2 Å². The van der Waals surface area contributed by atoms with Crippen LogP contribution in [0.3, 0.4) is 0 Å².